The smallest absolute Gasteiger partial charge is 0.233 e. The summed E-state index contributed by atoms with van der Waals surface area (Å²) in [7, 11) is 0. The maximum atomic E-state index is 13.0. The quantitative estimate of drug-likeness (QED) is 0.912. The van der Waals surface area contributed by atoms with Crippen molar-refractivity contribution in [1.82, 2.24) is 15.1 Å². The Bertz CT molecular complexity index is 527. The molecule has 1 atom stereocenters. The van der Waals surface area contributed by atoms with Crippen LogP contribution in [0, 0.1) is 0 Å². The molecule has 22 heavy (non-hydrogen) atoms. The van der Waals surface area contributed by atoms with Gasteiger partial charge in [-0.1, -0.05) is 30.3 Å². The Labute approximate surface area is 132 Å². The molecule has 1 aliphatic carbocycles. The maximum absolute atomic E-state index is 13.0. The van der Waals surface area contributed by atoms with E-state index < -0.39 is 0 Å². The van der Waals surface area contributed by atoms with Crippen LogP contribution in [0.1, 0.15) is 24.8 Å². The molecule has 4 rings (SSSR count). The van der Waals surface area contributed by atoms with Crippen LogP contribution in [0.4, 0.5) is 0 Å². The Hall–Kier alpha value is -1.39. The number of benzene rings is 1. The summed E-state index contributed by atoms with van der Waals surface area (Å²) in [5, 5.41) is 3.44. The van der Waals surface area contributed by atoms with Crippen LogP contribution in [-0.4, -0.2) is 61.0 Å². The van der Waals surface area contributed by atoms with Crippen molar-refractivity contribution < 1.29 is 4.79 Å². The average Bonchev–Trinajstić information content (AvgIpc) is 3.22. The molecular formula is C18H25N3O. The number of nitrogens with zero attached hydrogens (tertiary/aromatic N) is 2. The number of hydrogen-bond donors (Lipinski definition) is 1. The van der Waals surface area contributed by atoms with Crippen LogP contribution in [0.3, 0.4) is 0 Å². The maximum Gasteiger partial charge on any atom is 0.233 e. The van der Waals surface area contributed by atoms with Crippen molar-refractivity contribution in [3.63, 3.8) is 0 Å². The molecule has 1 amide bonds. The van der Waals surface area contributed by atoms with Crippen molar-refractivity contribution >= 4 is 5.91 Å². The standard InChI is InChI=1S/C18H25N3O/c22-17(18(7-8-18)15-4-2-1-3-5-15)21-12-10-20(11-13-21)16-6-9-19-14-16/h1-5,16,19H,6-14H2. The van der Waals surface area contributed by atoms with Crippen LogP contribution >= 0.6 is 0 Å². The molecule has 1 unspecified atom stereocenters. The second kappa shape index (κ2) is 5.67. The Morgan fingerprint density at radius 3 is 2.41 bits per heavy atom. The molecule has 3 fully saturated rings. The first-order valence-electron chi connectivity index (χ1n) is 8.59. The number of carbonyl (C=O) groups excluding carboxylic acids is 1. The zero-order valence-electron chi connectivity index (χ0n) is 13.1. The Balaban J connectivity index is 1.40. The lowest BCUT2D eigenvalue weighted by Gasteiger charge is -2.39. The van der Waals surface area contributed by atoms with Crippen LogP contribution < -0.4 is 5.32 Å². The largest absolute Gasteiger partial charge is 0.339 e. The van der Waals surface area contributed by atoms with E-state index in [1.807, 2.05) is 18.2 Å². The Kier molecular flexibility index (Phi) is 3.66. The van der Waals surface area contributed by atoms with E-state index in [2.05, 4.69) is 27.2 Å². The lowest BCUT2D eigenvalue weighted by Crippen LogP contribution is -2.54. The number of piperazine rings is 1. The molecule has 0 bridgehead atoms. The summed E-state index contributed by atoms with van der Waals surface area (Å²) in [4.78, 5) is 17.7. The first-order valence-corrected chi connectivity index (χ1v) is 8.59. The minimum absolute atomic E-state index is 0.196. The van der Waals surface area contributed by atoms with Crippen molar-refractivity contribution in [2.75, 3.05) is 39.3 Å². The van der Waals surface area contributed by atoms with E-state index in [1.54, 1.807) is 0 Å². The summed E-state index contributed by atoms with van der Waals surface area (Å²) in [5.74, 6) is 0.364. The summed E-state index contributed by atoms with van der Waals surface area (Å²) >= 11 is 0. The summed E-state index contributed by atoms with van der Waals surface area (Å²) in [5.41, 5.74) is 1.01. The zero-order valence-corrected chi connectivity index (χ0v) is 13.1. The lowest BCUT2D eigenvalue weighted by molar-refractivity contribution is -0.136. The van der Waals surface area contributed by atoms with E-state index in [-0.39, 0.29) is 5.41 Å². The van der Waals surface area contributed by atoms with E-state index in [0.717, 1.165) is 52.1 Å². The molecule has 2 heterocycles. The normalized spacial score (nSPS) is 27.8. The third-order valence-electron chi connectivity index (χ3n) is 5.64. The van der Waals surface area contributed by atoms with Gasteiger partial charge in [0.1, 0.15) is 0 Å². The summed E-state index contributed by atoms with van der Waals surface area (Å²) < 4.78 is 0. The summed E-state index contributed by atoms with van der Waals surface area (Å²) in [6, 6.07) is 11.0. The highest BCUT2D eigenvalue weighted by molar-refractivity contribution is 5.91. The van der Waals surface area contributed by atoms with Crippen molar-refractivity contribution in [2.24, 2.45) is 0 Å². The van der Waals surface area contributed by atoms with E-state index in [0.29, 0.717) is 11.9 Å². The molecule has 118 valence electrons. The molecule has 2 aliphatic heterocycles. The monoisotopic (exact) mass is 299 g/mol. The number of amides is 1. The van der Waals surface area contributed by atoms with Crippen LogP contribution in [-0.2, 0) is 10.2 Å². The fraction of sp³-hybridized carbons (Fsp3) is 0.611. The molecule has 4 heteroatoms. The van der Waals surface area contributed by atoms with Crippen molar-refractivity contribution in [3.8, 4) is 0 Å². The third-order valence-corrected chi connectivity index (χ3v) is 5.64. The van der Waals surface area contributed by atoms with Gasteiger partial charge in [0.25, 0.3) is 0 Å². The molecule has 4 nitrogen and oxygen atoms in total. The summed E-state index contributed by atoms with van der Waals surface area (Å²) in [6.07, 6.45) is 3.28. The van der Waals surface area contributed by atoms with Gasteiger partial charge in [0.2, 0.25) is 5.91 Å². The second-order valence-corrected chi connectivity index (χ2v) is 6.92. The number of carbonyl (C=O) groups is 1. The number of hydrogen-bond acceptors (Lipinski definition) is 3. The fourth-order valence-corrected chi connectivity index (χ4v) is 4.05. The van der Waals surface area contributed by atoms with E-state index in [4.69, 9.17) is 0 Å². The van der Waals surface area contributed by atoms with Gasteiger partial charge in [-0.15, -0.1) is 0 Å². The van der Waals surface area contributed by atoms with Gasteiger partial charge in [-0.05, 0) is 31.4 Å². The van der Waals surface area contributed by atoms with Crippen LogP contribution in [0.5, 0.6) is 0 Å². The van der Waals surface area contributed by atoms with E-state index in [9.17, 15) is 4.79 Å². The van der Waals surface area contributed by atoms with Gasteiger partial charge in [-0.25, -0.2) is 0 Å². The molecule has 1 N–H and O–H groups in total. The van der Waals surface area contributed by atoms with E-state index >= 15 is 0 Å². The molecule has 3 aliphatic rings. The van der Waals surface area contributed by atoms with Gasteiger partial charge in [0.05, 0.1) is 5.41 Å². The van der Waals surface area contributed by atoms with Crippen molar-refractivity contribution in [2.45, 2.75) is 30.7 Å². The van der Waals surface area contributed by atoms with Gasteiger partial charge >= 0.3 is 0 Å². The minimum Gasteiger partial charge on any atom is -0.339 e. The van der Waals surface area contributed by atoms with Gasteiger partial charge in [-0.2, -0.15) is 0 Å². The predicted molar refractivity (Wildman–Crippen MR) is 86.8 cm³/mol. The second-order valence-electron chi connectivity index (χ2n) is 6.92. The highest BCUT2D eigenvalue weighted by Gasteiger charge is 2.53. The molecule has 0 aromatic heterocycles. The van der Waals surface area contributed by atoms with Gasteiger partial charge in [0.15, 0.2) is 0 Å². The molecule has 0 radical (unpaired) electrons. The third kappa shape index (κ3) is 2.44. The zero-order chi connectivity index (χ0) is 15.0. The Morgan fingerprint density at radius 2 is 1.82 bits per heavy atom. The average molecular weight is 299 g/mol. The predicted octanol–water partition coefficient (Wildman–Crippen LogP) is 1.22. The minimum atomic E-state index is -0.196. The van der Waals surface area contributed by atoms with Gasteiger partial charge in [-0.3, -0.25) is 9.69 Å². The van der Waals surface area contributed by atoms with E-state index in [1.165, 1.54) is 12.0 Å². The summed E-state index contributed by atoms with van der Waals surface area (Å²) in [6.45, 7) is 6.10. The number of nitrogens with one attached hydrogen (secondary N) is 1. The highest BCUT2D eigenvalue weighted by Crippen LogP contribution is 2.49. The van der Waals surface area contributed by atoms with Crippen molar-refractivity contribution in [3.05, 3.63) is 35.9 Å². The SMILES string of the molecule is O=C(N1CCN(C2CCNC2)CC1)C1(c2ccccc2)CC1. The van der Waals surface area contributed by atoms with Gasteiger partial charge in [0, 0.05) is 38.8 Å². The van der Waals surface area contributed by atoms with Crippen LogP contribution in [0.15, 0.2) is 30.3 Å². The van der Waals surface area contributed by atoms with Crippen LogP contribution in [0.2, 0.25) is 0 Å². The Morgan fingerprint density at radius 1 is 1.09 bits per heavy atom. The molecule has 1 saturated carbocycles. The van der Waals surface area contributed by atoms with Gasteiger partial charge < -0.3 is 10.2 Å². The molecule has 1 aromatic carbocycles. The first-order chi connectivity index (χ1) is 10.8. The lowest BCUT2D eigenvalue weighted by atomic mass is 9.94. The van der Waals surface area contributed by atoms with Crippen molar-refractivity contribution in [1.29, 1.82) is 0 Å². The highest BCUT2D eigenvalue weighted by atomic mass is 16.2. The molecular weight excluding hydrogens is 274 g/mol. The molecule has 2 saturated heterocycles. The molecule has 0 spiro atoms. The first kappa shape index (κ1) is 14.2. The number of rotatable bonds is 3. The molecule has 1 aromatic rings. The topological polar surface area (TPSA) is 35.6 Å². The fourth-order valence-electron chi connectivity index (χ4n) is 4.05. The van der Waals surface area contributed by atoms with Crippen LogP contribution in [0.25, 0.3) is 0 Å².